The number of ether oxygens (including phenoxy) is 2. The summed E-state index contributed by atoms with van der Waals surface area (Å²) in [5.74, 6) is -0.395. The van der Waals surface area contributed by atoms with Gasteiger partial charge >= 0.3 is 5.97 Å². The van der Waals surface area contributed by atoms with Gasteiger partial charge in [0, 0.05) is 32.2 Å². The fourth-order valence-corrected chi connectivity index (χ4v) is 4.69. The Hall–Kier alpha value is -2.50. The minimum atomic E-state index is -3.41. The van der Waals surface area contributed by atoms with Crippen LogP contribution in [0.15, 0.2) is 47.4 Å². The van der Waals surface area contributed by atoms with Crippen LogP contribution in [0.25, 0.3) is 0 Å². The smallest absolute Gasteiger partial charge is 0.302 e. The average Bonchev–Trinajstić information content (AvgIpc) is 2.90. The van der Waals surface area contributed by atoms with Crippen LogP contribution < -0.4 is 10.0 Å². The Kier molecular flexibility index (Phi) is 14.3. The van der Waals surface area contributed by atoms with Gasteiger partial charge in [0.1, 0.15) is 12.4 Å². The third kappa shape index (κ3) is 11.9. The summed E-state index contributed by atoms with van der Waals surface area (Å²) >= 11 is 0. The Labute approximate surface area is 226 Å². The van der Waals surface area contributed by atoms with Crippen LogP contribution in [0.4, 0.5) is 0 Å². The van der Waals surface area contributed by atoms with Crippen LogP contribution in [0.1, 0.15) is 68.2 Å². The molecule has 2 aromatic carbocycles. The number of phenolic OH excluding ortho intramolecular Hbond substituents is 1. The van der Waals surface area contributed by atoms with Crippen molar-refractivity contribution in [3.8, 4) is 5.75 Å². The maximum Gasteiger partial charge on any atom is 0.302 e. The molecule has 1 atom stereocenters. The lowest BCUT2D eigenvalue weighted by Gasteiger charge is -2.14. The van der Waals surface area contributed by atoms with E-state index in [2.05, 4.69) is 10.0 Å². The zero-order valence-electron chi connectivity index (χ0n) is 22.4. The molecule has 0 heterocycles. The van der Waals surface area contributed by atoms with E-state index in [0.29, 0.717) is 29.2 Å². The lowest BCUT2D eigenvalue weighted by molar-refractivity contribution is -0.142. The molecular formula is C28H42N2O7S. The van der Waals surface area contributed by atoms with E-state index in [-0.39, 0.29) is 12.4 Å². The van der Waals surface area contributed by atoms with Crippen LogP contribution in [0.2, 0.25) is 0 Å². The summed E-state index contributed by atoms with van der Waals surface area (Å²) < 4.78 is 36.8. The molecule has 212 valence electrons. The van der Waals surface area contributed by atoms with E-state index >= 15 is 0 Å². The fraction of sp³-hybridized carbons (Fsp3) is 0.536. The van der Waals surface area contributed by atoms with Crippen molar-refractivity contribution in [2.45, 2.75) is 69.5 Å². The molecule has 0 aliphatic rings. The highest BCUT2D eigenvalue weighted by molar-refractivity contribution is 7.89. The number of carbonyl (C=O) groups excluding carboxylic acids is 1. The average molecular weight is 551 g/mol. The summed E-state index contributed by atoms with van der Waals surface area (Å²) in [5, 5.41) is 23.5. The first-order valence-electron chi connectivity index (χ1n) is 13.2. The molecule has 0 saturated carbocycles. The van der Waals surface area contributed by atoms with Gasteiger partial charge < -0.3 is 25.0 Å². The maximum atomic E-state index is 11.9. The molecule has 38 heavy (non-hydrogen) atoms. The van der Waals surface area contributed by atoms with Gasteiger partial charge in [-0.3, -0.25) is 4.79 Å². The highest BCUT2D eigenvalue weighted by Crippen LogP contribution is 2.23. The van der Waals surface area contributed by atoms with E-state index < -0.39 is 22.1 Å². The first-order chi connectivity index (χ1) is 18.2. The molecule has 0 aliphatic carbocycles. The van der Waals surface area contributed by atoms with Crippen LogP contribution in [-0.4, -0.2) is 58.0 Å². The van der Waals surface area contributed by atoms with Crippen molar-refractivity contribution in [3.05, 3.63) is 59.2 Å². The van der Waals surface area contributed by atoms with Crippen molar-refractivity contribution >= 4 is 16.0 Å². The van der Waals surface area contributed by atoms with Gasteiger partial charge in [-0.1, -0.05) is 31.0 Å². The predicted octanol–water partition coefficient (Wildman–Crippen LogP) is 3.59. The zero-order valence-corrected chi connectivity index (χ0v) is 23.3. The number of nitrogens with one attached hydrogen (secondary N) is 2. The number of aromatic hydroxyl groups is 1. The Balaban J connectivity index is 1.47. The van der Waals surface area contributed by atoms with Gasteiger partial charge in [-0.2, -0.15) is 0 Å². The zero-order chi connectivity index (χ0) is 27.8. The summed E-state index contributed by atoms with van der Waals surface area (Å²) in [7, 11) is -2.00. The summed E-state index contributed by atoms with van der Waals surface area (Å²) in [6.45, 7) is 3.91. The molecule has 0 bridgehead atoms. The van der Waals surface area contributed by atoms with Crippen molar-refractivity contribution < 1.29 is 32.9 Å². The van der Waals surface area contributed by atoms with Gasteiger partial charge in [0.25, 0.3) is 0 Å². The number of aryl methyl sites for hydroxylation is 1. The van der Waals surface area contributed by atoms with E-state index in [0.717, 1.165) is 63.7 Å². The lowest BCUT2D eigenvalue weighted by Crippen LogP contribution is -2.22. The van der Waals surface area contributed by atoms with Crippen LogP contribution in [0, 0.1) is 0 Å². The van der Waals surface area contributed by atoms with E-state index in [1.165, 1.54) is 20.0 Å². The number of carbonyl (C=O) groups is 1. The number of aliphatic hydroxyl groups excluding tert-OH is 1. The minimum Gasteiger partial charge on any atom is -0.508 e. The van der Waals surface area contributed by atoms with E-state index in [1.54, 1.807) is 30.3 Å². The molecule has 0 spiro atoms. The molecule has 0 aliphatic heterocycles. The molecule has 2 aromatic rings. The first-order valence-corrected chi connectivity index (χ1v) is 14.7. The molecule has 0 saturated heterocycles. The number of benzene rings is 2. The van der Waals surface area contributed by atoms with Gasteiger partial charge in [-0.15, -0.1) is 0 Å². The van der Waals surface area contributed by atoms with Crippen molar-refractivity contribution in [1.82, 2.24) is 10.0 Å². The molecule has 0 aromatic heterocycles. The van der Waals surface area contributed by atoms with E-state index in [4.69, 9.17) is 9.47 Å². The fourth-order valence-electron chi connectivity index (χ4n) is 3.89. The highest BCUT2D eigenvalue weighted by atomic mass is 32.2. The van der Waals surface area contributed by atoms with Gasteiger partial charge in [-0.05, 0) is 81.1 Å². The van der Waals surface area contributed by atoms with Crippen molar-refractivity contribution in [2.75, 3.05) is 33.4 Å². The van der Waals surface area contributed by atoms with Crippen molar-refractivity contribution in [1.29, 1.82) is 0 Å². The predicted molar refractivity (Wildman–Crippen MR) is 146 cm³/mol. The molecule has 4 N–H and O–H groups in total. The molecular weight excluding hydrogens is 508 g/mol. The Morgan fingerprint density at radius 2 is 1.74 bits per heavy atom. The van der Waals surface area contributed by atoms with Gasteiger partial charge in [0.15, 0.2) is 0 Å². The van der Waals surface area contributed by atoms with Crippen LogP contribution in [0.5, 0.6) is 5.75 Å². The maximum absolute atomic E-state index is 11.9. The summed E-state index contributed by atoms with van der Waals surface area (Å²) in [5.41, 5.74) is 2.13. The lowest BCUT2D eigenvalue weighted by atomic mass is 10.1. The van der Waals surface area contributed by atoms with Crippen LogP contribution in [0.3, 0.4) is 0 Å². The van der Waals surface area contributed by atoms with Gasteiger partial charge in [0.2, 0.25) is 10.0 Å². The minimum absolute atomic E-state index is 0.0290. The summed E-state index contributed by atoms with van der Waals surface area (Å²) in [4.78, 5) is 11.3. The van der Waals surface area contributed by atoms with Crippen molar-refractivity contribution in [2.24, 2.45) is 0 Å². The van der Waals surface area contributed by atoms with Gasteiger partial charge in [-0.25, -0.2) is 13.1 Å². The van der Waals surface area contributed by atoms with E-state index in [9.17, 15) is 23.4 Å². The third-order valence-electron chi connectivity index (χ3n) is 6.13. The number of rotatable bonds is 19. The molecule has 10 heteroatoms. The summed E-state index contributed by atoms with van der Waals surface area (Å²) in [6, 6.07) is 11.9. The number of sulfonamides is 1. The number of hydrogen-bond donors (Lipinski definition) is 4. The quantitative estimate of drug-likeness (QED) is 0.154. The number of aliphatic hydroxyl groups is 1. The Morgan fingerprint density at radius 1 is 1.00 bits per heavy atom. The Morgan fingerprint density at radius 3 is 2.47 bits per heavy atom. The number of hydrogen-bond acceptors (Lipinski definition) is 8. The SMILES string of the molecule is CNS(=O)(=O)c1cccc(CCCCOCCCCCCNC[C@H](O)c2ccc(O)c(COC(C)=O)c2)c1. The first kappa shape index (κ1) is 31.7. The van der Waals surface area contributed by atoms with Crippen LogP contribution >= 0.6 is 0 Å². The number of esters is 1. The standard InChI is InChI=1S/C28H42N2O7S/c1-22(31)37-21-25-19-24(13-14-27(25)32)28(33)20-30-15-6-3-4-7-16-36-17-8-5-10-23-11-9-12-26(18-23)38(34,35)29-2/h9,11-14,18-19,28-30,32-33H,3-8,10,15-17,20-21H2,1-2H3/t28-/m0/s1. The largest absolute Gasteiger partial charge is 0.508 e. The molecule has 0 amide bonds. The second-order valence-corrected chi connectivity index (χ2v) is 11.1. The van der Waals surface area contributed by atoms with Gasteiger partial charge in [0.05, 0.1) is 11.0 Å². The van der Waals surface area contributed by atoms with E-state index in [1.807, 2.05) is 6.07 Å². The second kappa shape index (κ2) is 17.2. The highest BCUT2D eigenvalue weighted by Gasteiger charge is 2.12. The van der Waals surface area contributed by atoms with Crippen molar-refractivity contribution in [3.63, 3.8) is 0 Å². The third-order valence-corrected chi connectivity index (χ3v) is 7.54. The second-order valence-electron chi connectivity index (χ2n) is 9.23. The molecule has 0 radical (unpaired) electrons. The summed E-state index contributed by atoms with van der Waals surface area (Å²) in [6.07, 6.45) is 6.14. The topological polar surface area (TPSA) is 134 Å². The number of phenols is 1. The molecule has 2 rings (SSSR count). The Bertz CT molecular complexity index is 1090. The van der Waals surface area contributed by atoms with Crippen LogP contribution in [-0.2, 0) is 37.3 Å². The normalized spacial score (nSPS) is 12.4. The molecule has 0 fully saturated rings. The molecule has 9 nitrogen and oxygen atoms in total. The monoisotopic (exact) mass is 550 g/mol. The molecule has 0 unspecified atom stereocenters. The number of unbranched alkanes of at least 4 members (excludes halogenated alkanes) is 4.